The third kappa shape index (κ3) is 5.86. The van der Waals surface area contributed by atoms with Gasteiger partial charge in [0.25, 0.3) is 11.6 Å². The van der Waals surface area contributed by atoms with E-state index in [9.17, 15) is 23.3 Å². The van der Waals surface area contributed by atoms with Gasteiger partial charge in [-0.25, -0.2) is 13.8 Å². The van der Waals surface area contributed by atoms with Crippen molar-refractivity contribution in [2.24, 2.45) is 5.10 Å². The molecule has 0 saturated heterocycles. The van der Waals surface area contributed by atoms with Crippen molar-refractivity contribution in [3.8, 4) is 0 Å². The van der Waals surface area contributed by atoms with E-state index in [1.54, 1.807) is 37.3 Å². The molecule has 0 aromatic heterocycles. The Balaban J connectivity index is 2.16. The van der Waals surface area contributed by atoms with Crippen molar-refractivity contribution in [3.63, 3.8) is 0 Å². The van der Waals surface area contributed by atoms with E-state index in [0.29, 0.717) is 21.4 Å². The van der Waals surface area contributed by atoms with Crippen LogP contribution in [0.15, 0.2) is 58.1 Å². The Kier molecular flexibility index (Phi) is 6.86. The van der Waals surface area contributed by atoms with Gasteiger partial charge < -0.3 is 0 Å². The molecular weight excluding hydrogens is 452 g/mol. The molecule has 0 atom stereocenters. The Labute approximate surface area is 170 Å². The largest absolute Gasteiger partial charge is 0.271 e. The van der Waals surface area contributed by atoms with Crippen molar-refractivity contribution in [1.82, 2.24) is 5.43 Å². The lowest BCUT2D eigenvalue weighted by atomic mass is 10.1. The standard InChI is InChI=1S/C17H17BrN4O5S/c1-12(13-5-3-8-16(9-13)22(24)25)19-20-17(23)11-21(28(2,26)27)15-7-4-6-14(18)10-15/h3-10H,11H2,1-2H3,(H,20,23)/b19-12+. The minimum absolute atomic E-state index is 0.101. The van der Waals surface area contributed by atoms with Crippen molar-refractivity contribution in [2.45, 2.75) is 6.92 Å². The number of hydrazone groups is 1. The second kappa shape index (κ2) is 8.93. The monoisotopic (exact) mass is 468 g/mol. The molecule has 148 valence electrons. The molecule has 11 heteroatoms. The van der Waals surface area contributed by atoms with Crippen LogP contribution in [-0.2, 0) is 14.8 Å². The van der Waals surface area contributed by atoms with E-state index in [0.717, 1.165) is 10.6 Å². The molecule has 0 unspecified atom stereocenters. The van der Waals surface area contributed by atoms with Crippen LogP contribution in [0.1, 0.15) is 12.5 Å². The number of nitrogens with one attached hydrogen (secondary N) is 1. The summed E-state index contributed by atoms with van der Waals surface area (Å²) in [6.45, 7) is 1.10. The second-order valence-corrected chi connectivity index (χ2v) is 8.61. The Bertz CT molecular complexity index is 1040. The van der Waals surface area contributed by atoms with E-state index in [1.165, 1.54) is 18.2 Å². The summed E-state index contributed by atoms with van der Waals surface area (Å²) >= 11 is 3.26. The average Bonchev–Trinajstić information content (AvgIpc) is 2.63. The molecule has 28 heavy (non-hydrogen) atoms. The first-order valence-electron chi connectivity index (χ1n) is 7.89. The lowest BCUT2D eigenvalue weighted by molar-refractivity contribution is -0.384. The SMILES string of the molecule is C/C(=N\NC(=O)CN(c1cccc(Br)c1)S(C)(=O)=O)c1cccc([N+](=O)[O-])c1. The Morgan fingerprint density at radius 2 is 1.93 bits per heavy atom. The molecule has 1 N–H and O–H groups in total. The second-order valence-electron chi connectivity index (χ2n) is 5.79. The number of hydrogen-bond acceptors (Lipinski definition) is 6. The van der Waals surface area contributed by atoms with Crippen LogP contribution in [0.2, 0.25) is 0 Å². The normalized spacial score (nSPS) is 11.8. The highest BCUT2D eigenvalue weighted by atomic mass is 79.9. The van der Waals surface area contributed by atoms with Crippen LogP contribution in [-0.4, -0.2) is 37.8 Å². The van der Waals surface area contributed by atoms with Crippen LogP contribution in [0.4, 0.5) is 11.4 Å². The number of hydrogen-bond donors (Lipinski definition) is 1. The number of nitrogens with zero attached hydrogens (tertiary/aromatic N) is 3. The maximum Gasteiger partial charge on any atom is 0.270 e. The number of carbonyl (C=O) groups is 1. The summed E-state index contributed by atoms with van der Waals surface area (Å²) in [6, 6.07) is 12.3. The van der Waals surface area contributed by atoms with E-state index < -0.39 is 27.4 Å². The Hall–Kier alpha value is -2.79. The van der Waals surface area contributed by atoms with Crippen LogP contribution < -0.4 is 9.73 Å². The fourth-order valence-corrected chi connectivity index (χ4v) is 3.49. The minimum Gasteiger partial charge on any atom is -0.271 e. The molecule has 0 aliphatic heterocycles. The molecule has 2 aromatic rings. The van der Waals surface area contributed by atoms with Gasteiger partial charge in [0.05, 0.1) is 22.6 Å². The Morgan fingerprint density at radius 1 is 1.25 bits per heavy atom. The van der Waals surface area contributed by atoms with Crippen molar-refractivity contribution in [2.75, 3.05) is 17.1 Å². The summed E-state index contributed by atoms with van der Waals surface area (Å²) in [4.78, 5) is 22.5. The van der Waals surface area contributed by atoms with Gasteiger partial charge >= 0.3 is 0 Å². The molecule has 0 heterocycles. The zero-order valence-electron chi connectivity index (χ0n) is 15.0. The first kappa shape index (κ1) is 21.5. The summed E-state index contributed by atoms with van der Waals surface area (Å²) in [7, 11) is -3.71. The van der Waals surface area contributed by atoms with Crippen LogP contribution in [0.3, 0.4) is 0 Å². The molecule has 0 saturated carbocycles. The van der Waals surface area contributed by atoms with Gasteiger partial charge in [0.15, 0.2) is 0 Å². The predicted octanol–water partition coefficient (Wildman–Crippen LogP) is 2.66. The fraction of sp³-hybridized carbons (Fsp3) is 0.176. The zero-order chi connectivity index (χ0) is 20.9. The number of nitro groups is 1. The number of amides is 1. The number of benzene rings is 2. The number of halogens is 1. The number of nitro benzene ring substituents is 1. The lowest BCUT2D eigenvalue weighted by Gasteiger charge is -2.21. The van der Waals surface area contributed by atoms with E-state index in [2.05, 4.69) is 26.5 Å². The summed E-state index contributed by atoms with van der Waals surface area (Å²) in [6.07, 6.45) is 0.999. The molecule has 0 aliphatic rings. The molecule has 1 amide bonds. The van der Waals surface area contributed by atoms with E-state index in [-0.39, 0.29) is 5.69 Å². The highest BCUT2D eigenvalue weighted by molar-refractivity contribution is 9.10. The highest BCUT2D eigenvalue weighted by Gasteiger charge is 2.21. The molecule has 9 nitrogen and oxygen atoms in total. The minimum atomic E-state index is -3.71. The van der Waals surface area contributed by atoms with Gasteiger partial charge in [0.1, 0.15) is 6.54 Å². The van der Waals surface area contributed by atoms with Gasteiger partial charge in [-0.3, -0.25) is 19.2 Å². The molecule has 0 bridgehead atoms. The van der Waals surface area contributed by atoms with Crippen molar-refractivity contribution >= 4 is 48.9 Å². The Morgan fingerprint density at radius 3 is 2.54 bits per heavy atom. The van der Waals surface area contributed by atoms with Crippen LogP contribution in [0.25, 0.3) is 0 Å². The predicted molar refractivity (Wildman–Crippen MR) is 110 cm³/mol. The number of rotatable bonds is 7. The summed E-state index contributed by atoms with van der Waals surface area (Å²) in [5.74, 6) is -0.657. The molecule has 0 aliphatic carbocycles. The highest BCUT2D eigenvalue weighted by Crippen LogP contribution is 2.21. The van der Waals surface area contributed by atoms with Crippen LogP contribution >= 0.6 is 15.9 Å². The number of sulfonamides is 1. The third-order valence-corrected chi connectivity index (χ3v) is 5.24. The average molecular weight is 469 g/mol. The van der Waals surface area contributed by atoms with E-state index in [1.807, 2.05) is 0 Å². The maximum atomic E-state index is 12.2. The number of non-ortho nitro benzene ring substituents is 1. The molecule has 0 radical (unpaired) electrons. The summed E-state index contributed by atoms with van der Waals surface area (Å²) < 4.78 is 25.8. The lowest BCUT2D eigenvalue weighted by Crippen LogP contribution is -2.39. The quantitative estimate of drug-likeness (QED) is 0.380. The third-order valence-electron chi connectivity index (χ3n) is 3.61. The first-order valence-corrected chi connectivity index (χ1v) is 10.5. The van der Waals surface area contributed by atoms with Gasteiger partial charge in [-0.15, -0.1) is 0 Å². The fourth-order valence-electron chi connectivity index (χ4n) is 2.25. The number of anilines is 1. The maximum absolute atomic E-state index is 12.2. The molecule has 0 spiro atoms. The first-order chi connectivity index (χ1) is 13.1. The smallest absolute Gasteiger partial charge is 0.270 e. The summed E-state index contributed by atoms with van der Waals surface area (Å²) in [5, 5.41) is 14.8. The molecule has 0 fully saturated rings. The van der Waals surface area contributed by atoms with Crippen molar-refractivity contribution < 1.29 is 18.1 Å². The number of carbonyl (C=O) groups excluding carboxylic acids is 1. The molecule has 2 aromatic carbocycles. The van der Waals surface area contributed by atoms with E-state index >= 15 is 0 Å². The van der Waals surface area contributed by atoms with Crippen molar-refractivity contribution in [1.29, 1.82) is 0 Å². The molecular formula is C17H17BrN4O5S. The van der Waals surface area contributed by atoms with Gasteiger partial charge in [0.2, 0.25) is 10.0 Å². The van der Waals surface area contributed by atoms with Gasteiger partial charge in [0, 0.05) is 22.2 Å². The van der Waals surface area contributed by atoms with Crippen LogP contribution in [0.5, 0.6) is 0 Å². The van der Waals surface area contributed by atoms with Crippen molar-refractivity contribution in [3.05, 3.63) is 68.7 Å². The zero-order valence-corrected chi connectivity index (χ0v) is 17.4. The van der Waals surface area contributed by atoms with Crippen LogP contribution in [0, 0.1) is 10.1 Å². The van der Waals surface area contributed by atoms with Gasteiger partial charge in [-0.05, 0) is 25.1 Å². The topological polar surface area (TPSA) is 122 Å². The van der Waals surface area contributed by atoms with E-state index in [4.69, 9.17) is 0 Å². The molecule has 2 rings (SSSR count). The van der Waals surface area contributed by atoms with Gasteiger partial charge in [-0.1, -0.05) is 34.1 Å². The summed E-state index contributed by atoms with van der Waals surface area (Å²) in [5.41, 5.74) is 3.30. The van der Waals surface area contributed by atoms with Gasteiger partial charge in [-0.2, -0.15) is 5.10 Å².